The van der Waals surface area contributed by atoms with Gasteiger partial charge in [0.05, 0.1) is 10.7 Å². The number of hydrogen-bond donors (Lipinski definition) is 0. The summed E-state index contributed by atoms with van der Waals surface area (Å²) in [7, 11) is 1.71. The highest BCUT2D eigenvalue weighted by atomic mass is 32.2. The molecule has 16 heavy (non-hydrogen) atoms. The molecule has 1 aromatic carbocycles. The number of non-ortho nitro benzene ring substituents is 1. The van der Waals surface area contributed by atoms with E-state index in [4.69, 9.17) is 0 Å². The van der Waals surface area contributed by atoms with Crippen LogP contribution in [0.3, 0.4) is 0 Å². The number of nitro benzene ring substituents is 1. The van der Waals surface area contributed by atoms with Crippen LogP contribution in [-0.4, -0.2) is 28.5 Å². The molecular weight excluding hydrogens is 228 g/mol. The van der Waals surface area contributed by atoms with Gasteiger partial charge < -0.3 is 4.90 Å². The second-order valence-electron chi connectivity index (χ2n) is 3.59. The third kappa shape index (κ3) is 2.01. The Kier molecular flexibility index (Phi) is 2.82. The Balaban J connectivity index is 2.39. The average molecular weight is 238 g/mol. The first-order valence-electron chi connectivity index (χ1n) is 4.72. The number of thioether (sulfide) groups is 1. The molecule has 1 aliphatic rings. The lowest BCUT2D eigenvalue weighted by Gasteiger charge is -2.13. The van der Waals surface area contributed by atoms with Crippen molar-refractivity contribution in [3.05, 3.63) is 33.9 Å². The highest BCUT2D eigenvalue weighted by Gasteiger charge is 2.19. The first-order chi connectivity index (χ1) is 7.58. The number of carbonyl (C=O) groups excluding carboxylic acids is 1. The van der Waals surface area contributed by atoms with Crippen LogP contribution in [0.5, 0.6) is 0 Å². The normalized spacial score (nSPS) is 15.6. The Bertz CT molecular complexity index is 461. The van der Waals surface area contributed by atoms with Crippen LogP contribution >= 0.6 is 11.8 Å². The number of fused-ring (bicyclic) bond motifs is 1. The molecule has 0 radical (unpaired) electrons. The van der Waals surface area contributed by atoms with Crippen LogP contribution < -0.4 is 0 Å². The standard InChI is InChI=1S/C10H10N2O3S/c1-11-5-7-4-8(12(14)15)2-3-9(7)16-6-10(11)13/h2-4H,5-6H2,1H3. The molecule has 2 rings (SSSR count). The Morgan fingerprint density at radius 1 is 1.50 bits per heavy atom. The lowest BCUT2D eigenvalue weighted by atomic mass is 10.2. The van der Waals surface area contributed by atoms with Gasteiger partial charge in [0.1, 0.15) is 0 Å². The van der Waals surface area contributed by atoms with E-state index in [1.54, 1.807) is 18.0 Å². The topological polar surface area (TPSA) is 63.4 Å². The van der Waals surface area contributed by atoms with E-state index in [1.165, 1.54) is 23.9 Å². The molecule has 0 bridgehead atoms. The number of benzene rings is 1. The van der Waals surface area contributed by atoms with Crippen LogP contribution in [0, 0.1) is 10.1 Å². The zero-order valence-electron chi connectivity index (χ0n) is 8.67. The SMILES string of the molecule is CN1Cc2cc([N+](=O)[O-])ccc2SCC1=O. The molecule has 1 aromatic rings. The van der Waals surface area contributed by atoms with Crippen molar-refractivity contribution < 1.29 is 9.72 Å². The molecule has 0 N–H and O–H groups in total. The van der Waals surface area contributed by atoms with Crippen molar-refractivity contribution in [3.63, 3.8) is 0 Å². The molecule has 0 spiro atoms. The molecule has 1 amide bonds. The first-order valence-corrected chi connectivity index (χ1v) is 5.70. The second-order valence-corrected chi connectivity index (χ2v) is 4.60. The Morgan fingerprint density at radius 2 is 2.25 bits per heavy atom. The van der Waals surface area contributed by atoms with Gasteiger partial charge in [0.15, 0.2) is 0 Å². The highest BCUT2D eigenvalue weighted by Crippen LogP contribution is 2.30. The lowest BCUT2D eigenvalue weighted by molar-refractivity contribution is -0.385. The van der Waals surface area contributed by atoms with Crippen LogP contribution in [-0.2, 0) is 11.3 Å². The van der Waals surface area contributed by atoms with Crippen molar-refractivity contribution in [3.8, 4) is 0 Å². The quantitative estimate of drug-likeness (QED) is 0.551. The molecule has 0 aromatic heterocycles. The summed E-state index contributed by atoms with van der Waals surface area (Å²) in [5.41, 5.74) is 0.912. The molecule has 5 nitrogen and oxygen atoms in total. The van der Waals surface area contributed by atoms with E-state index in [-0.39, 0.29) is 11.6 Å². The summed E-state index contributed by atoms with van der Waals surface area (Å²) < 4.78 is 0. The Morgan fingerprint density at radius 3 is 2.94 bits per heavy atom. The summed E-state index contributed by atoms with van der Waals surface area (Å²) in [6, 6.07) is 4.73. The van der Waals surface area contributed by atoms with Crippen molar-refractivity contribution in [1.82, 2.24) is 4.90 Å². The third-order valence-corrected chi connectivity index (χ3v) is 3.54. The van der Waals surface area contributed by atoms with Gasteiger partial charge in [-0.1, -0.05) is 0 Å². The molecule has 0 saturated heterocycles. The maximum atomic E-state index is 11.5. The van der Waals surface area contributed by atoms with Gasteiger partial charge in [0, 0.05) is 30.6 Å². The highest BCUT2D eigenvalue weighted by molar-refractivity contribution is 8.00. The van der Waals surface area contributed by atoms with Gasteiger partial charge in [-0.15, -0.1) is 11.8 Å². The molecule has 1 heterocycles. The minimum Gasteiger partial charge on any atom is -0.341 e. The van der Waals surface area contributed by atoms with Crippen LogP contribution in [0.2, 0.25) is 0 Å². The summed E-state index contributed by atoms with van der Waals surface area (Å²) in [6.45, 7) is 0.433. The first kappa shape index (κ1) is 10.9. The summed E-state index contributed by atoms with van der Waals surface area (Å²) in [5, 5.41) is 10.6. The van der Waals surface area contributed by atoms with Gasteiger partial charge in [0.25, 0.3) is 5.69 Å². The average Bonchev–Trinajstić information content (AvgIpc) is 2.38. The van der Waals surface area contributed by atoms with E-state index < -0.39 is 4.92 Å². The van der Waals surface area contributed by atoms with Crippen LogP contribution in [0.15, 0.2) is 23.1 Å². The van der Waals surface area contributed by atoms with Gasteiger partial charge in [0.2, 0.25) is 5.91 Å². The fraction of sp³-hybridized carbons (Fsp3) is 0.300. The fourth-order valence-electron chi connectivity index (χ4n) is 1.54. The van der Waals surface area contributed by atoms with Crippen molar-refractivity contribution in [2.24, 2.45) is 0 Å². The number of nitro groups is 1. The zero-order chi connectivity index (χ0) is 11.7. The number of hydrogen-bond acceptors (Lipinski definition) is 4. The molecule has 84 valence electrons. The van der Waals surface area contributed by atoms with Crippen molar-refractivity contribution in [1.29, 1.82) is 0 Å². The fourth-order valence-corrected chi connectivity index (χ4v) is 2.51. The summed E-state index contributed by atoms with van der Waals surface area (Å²) in [6.07, 6.45) is 0. The van der Waals surface area contributed by atoms with Crippen molar-refractivity contribution in [2.45, 2.75) is 11.4 Å². The lowest BCUT2D eigenvalue weighted by Crippen LogP contribution is -2.26. The zero-order valence-corrected chi connectivity index (χ0v) is 9.49. The molecule has 0 fully saturated rings. The maximum absolute atomic E-state index is 11.5. The van der Waals surface area contributed by atoms with Gasteiger partial charge in [-0.05, 0) is 11.6 Å². The number of rotatable bonds is 1. The minimum absolute atomic E-state index is 0.0452. The van der Waals surface area contributed by atoms with E-state index in [0.29, 0.717) is 12.3 Å². The second kappa shape index (κ2) is 4.13. The molecule has 1 aliphatic heterocycles. The minimum atomic E-state index is -0.419. The molecule has 0 unspecified atom stereocenters. The monoisotopic (exact) mass is 238 g/mol. The third-order valence-electron chi connectivity index (χ3n) is 2.44. The summed E-state index contributed by atoms with van der Waals surface area (Å²) in [4.78, 5) is 24.2. The van der Waals surface area contributed by atoms with E-state index >= 15 is 0 Å². The number of nitrogens with zero attached hydrogens (tertiary/aromatic N) is 2. The van der Waals surface area contributed by atoms with E-state index in [0.717, 1.165) is 10.5 Å². The molecular formula is C10H10N2O3S. The molecule has 6 heteroatoms. The largest absolute Gasteiger partial charge is 0.341 e. The van der Waals surface area contributed by atoms with Gasteiger partial charge >= 0.3 is 0 Å². The van der Waals surface area contributed by atoms with Crippen molar-refractivity contribution >= 4 is 23.4 Å². The van der Waals surface area contributed by atoms with Crippen LogP contribution in [0.1, 0.15) is 5.56 Å². The summed E-state index contributed by atoms with van der Waals surface area (Å²) in [5.74, 6) is 0.435. The smallest absolute Gasteiger partial charge is 0.269 e. The van der Waals surface area contributed by atoms with E-state index in [1.807, 2.05) is 0 Å². The Labute approximate surface area is 96.6 Å². The summed E-state index contributed by atoms with van der Waals surface area (Å²) >= 11 is 1.43. The van der Waals surface area contributed by atoms with Crippen molar-refractivity contribution in [2.75, 3.05) is 12.8 Å². The predicted octanol–water partition coefficient (Wildman–Crippen LogP) is 1.66. The maximum Gasteiger partial charge on any atom is 0.269 e. The molecule has 0 aliphatic carbocycles. The predicted molar refractivity (Wildman–Crippen MR) is 60.3 cm³/mol. The van der Waals surface area contributed by atoms with Crippen LogP contribution in [0.25, 0.3) is 0 Å². The van der Waals surface area contributed by atoms with Gasteiger partial charge in [-0.25, -0.2) is 0 Å². The van der Waals surface area contributed by atoms with Crippen LogP contribution in [0.4, 0.5) is 5.69 Å². The number of carbonyl (C=O) groups is 1. The number of amides is 1. The van der Waals surface area contributed by atoms with E-state index in [2.05, 4.69) is 0 Å². The van der Waals surface area contributed by atoms with E-state index in [9.17, 15) is 14.9 Å². The Hall–Kier alpha value is -1.56. The van der Waals surface area contributed by atoms with Gasteiger partial charge in [-0.3, -0.25) is 14.9 Å². The molecule has 0 saturated carbocycles. The molecule has 0 atom stereocenters. The van der Waals surface area contributed by atoms with Gasteiger partial charge in [-0.2, -0.15) is 0 Å².